The number of aliphatic hydroxyl groups excluding tert-OH is 1. The van der Waals surface area contributed by atoms with Crippen molar-refractivity contribution in [1.29, 1.82) is 0 Å². The SMILES string of the molecule is COc1ccc(CN(CC(CN)CO)C2Cc3ccccc3C2)c(OC)c1. The summed E-state index contributed by atoms with van der Waals surface area (Å²) >= 11 is 0. The molecule has 0 saturated carbocycles. The number of nitrogens with zero attached hydrogens (tertiary/aromatic N) is 1. The van der Waals surface area contributed by atoms with E-state index in [1.165, 1.54) is 11.1 Å². The molecule has 0 aromatic heterocycles. The van der Waals surface area contributed by atoms with Crippen LogP contribution in [0, 0.1) is 5.92 Å². The number of hydrogen-bond donors (Lipinski definition) is 2. The molecule has 3 N–H and O–H groups in total. The van der Waals surface area contributed by atoms with E-state index in [1.54, 1.807) is 14.2 Å². The van der Waals surface area contributed by atoms with Crippen LogP contribution in [-0.2, 0) is 19.4 Å². The van der Waals surface area contributed by atoms with Gasteiger partial charge in [-0.3, -0.25) is 4.90 Å². The number of aliphatic hydroxyl groups is 1. The first-order valence-electron chi connectivity index (χ1n) is 9.51. The van der Waals surface area contributed by atoms with Gasteiger partial charge in [0.2, 0.25) is 0 Å². The van der Waals surface area contributed by atoms with Crippen molar-refractivity contribution in [3.8, 4) is 11.5 Å². The second-order valence-corrected chi connectivity index (χ2v) is 7.22. The number of benzene rings is 2. The molecule has 0 heterocycles. The van der Waals surface area contributed by atoms with Gasteiger partial charge < -0.3 is 20.3 Å². The van der Waals surface area contributed by atoms with E-state index >= 15 is 0 Å². The van der Waals surface area contributed by atoms with E-state index < -0.39 is 0 Å². The Hall–Kier alpha value is -2.08. The van der Waals surface area contributed by atoms with Crippen molar-refractivity contribution < 1.29 is 14.6 Å². The van der Waals surface area contributed by atoms with Crippen LogP contribution in [-0.4, -0.2) is 50.0 Å². The first-order chi connectivity index (χ1) is 13.2. The standard InChI is InChI=1S/C22H30N2O3/c1-26-21-8-7-19(22(11-21)27-2)14-24(13-16(12-23)15-25)20-9-17-5-3-4-6-18(17)10-20/h3-8,11,16,20,25H,9-10,12-15,23H2,1-2H3. The van der Waals surface area contributed by atoms with Crippen LogP contribution in [0.15, 0.2) is 42.5 Å². The van der Waals surface area contributed by atoms with Crippen LogP contribution in [0.1, 0.15) is 16.7 Å². The molecule has 0 amide bonds. The van der Waals surface area contributed by atoms with E-state index in [2.05, 4.69) is 35.2 Å². The third-order valence-electron chi connectivity index (χ3n) is 5.50. The smallest absolute Gasteiger partial charge is 0.127 e. The van der Waals surface area contributed by atoms with Crippen LogP contribution >= 0.6 is 0 Å². The molecule has 0 saturated heterocycles. The third-order valence-corrected chi connectivity index (χ3v) is 5.50. The number of ether oxygens (including phenoxy) is 2. The summed E-state index contributed by atoms with van der Waals surface area (Å²) in [6.07, 6.45) is 2.05. The Bertz CT molecular complexity index is 721. The molecule has 1 atom stereocenters. The van der Waals surface area contributed by atoms with Gasteiger partial charge in [-0.25, -0.2) is 0 Å². The van der Waals surface area contributed by atoms with Crippen LogP contribution in [0.25, 0.3) is 0 Å². The Balaban J connectivity index is 1.83. The molecule has 3 rings (SSSR count). The van der Waals surface area contributed by atoms with Crippen LogP contribution in [0.3, 0.4) is 0 Å². The van der Waals surface area contributed by atoms with Gasteiger partial charge in [0.05, 0.1) is 14.2 Å². The van der Waals surface area contributed by atoms with Crippen molar-refractivity contribution in [3.05, 3.63) is 59.2 Å². The maximum absolute atomic E-state index is 9.68. The number of rotatable bonds is 9. The zero-order valence-electron chi connectivity index (χ0n) is 16.2. The number of methoxy groups -OCH3 is 2. The molecule has 0 bridgehead atoms. The summed E-state index contributed by atoms with van der Waals surface area (Å²) in [6, 6.07) is 15.0. The van der Waals surface area contributed by atoms with Gasteiger partial charge in [0.25, 0.3) is 0 Å². The zero-order chi connectivity index (χ0) is 19.2. The highest BCUT2D eigenvalue weighted by molar-refractivity contribution is 5.41. The lowest BCUT2D eigenvalue weighted by atomic mass is 10.1. The first-order valence-corrected chi connectivity index (χ1v) is 9.51. The van der Waals surface area contributed by atoms with Crippen LogP contribution < -0.4 is 15.2 Å². The fraction of sp³-hybridized carbons (Fsp3) is 0.455. The topological polar surface area (TPSA) is 68.0 Å². The predicted octanol–water partition coefficient (Wildman–Crippen LogP) is 2.24. The van der Waals surface area contributed by atoms with Gasteiger partial charge in [0.15, 0.2) is 0 Å². The average Bonchev–Trinajstić information content (AvgIpc) is 3.15. The summed E-state index contributed by atoms with van der Waals surface area (Å²) in [7, 11) is 3.34. The van der Waals surface area contributed by atoms with Crippen molar-refractivity contribution in [3.63, 3.8) is 0 Å². The first kappa shape index (κ1) is 19.7. The van der Waals surface area contributed by atoms with Gasteiger partial charge in [-0.2, -0.15) is 0 Å². The number of fused-ring (bicyclic) bond motifs is 1. The van der Waals surface area contributed by atoms with E-state index in [4.69, 9.17) is 15.2 Å². The van der Waals surface area contributed by atoms with Gasteiger partial charge in [-0.15, -0.1) is 0 Å². The van der Waals surface area contributed by atoms with Gasteiger partial charge in [-0.05, 0) is 36.6 Å². The molecule has 2 aromatic rings. The molecule has 0 spiro atoms. The fourth-order valence-corrected chi connectivity index (χ4v) is 3.88. The monoisotopic (exact) mass is 370 g/mol. The minimum atomic E-state index is 0.0676. The normalized spacial score (nSPS) is 15.0. The molecule has 0 fully saturated rings. The van der Waals surface area contributed by atoms with Crippen molar-refractivity contribution in [1.82, 2.24) is 4.90 Å². The van der Waals surface area contributed by atoms with Gasteiger partial charge >= 0.3 is 0 Å². The number of nitrogens with two attached hydrogens (primary N) is 1. The van der Waals surface area contributed by atoms with Crippen molar-refractivity contribution in [2.45, 2.75) is 25.4 Å². The summed E-state index contributed by atoms with van der Waals surface area (Å²) in [4.78, 5) is 2.44. The third kappa shape index (κ3) is 4.61. The molecule has 0 radical (unpaired) electrons. The summed E-state index contributed by atoms with van der Waals surface area (Å²) in [6.45, 7) is 2.10. The molecule has 1 aliphatic rings. The van der Waals surface area contributed by atoms with E-state index in [0.29, 0.717) is 12.6 Å². The summed E-state index contributed by atoms with van der Waals surface area (Å²) in [5.74, 6) is 1.67. The van der Waals surface area contributed by atoms with Crippen LogP contribution in [0.2, 0.25) is 0 Å². The van der Waals surface area contributed by atoms with Crippen molar-refractivity contribution in [2.24, 2.45) is 11.7 Å². The molecule has 2 aromatic carbocycles. The molecule has 5 heteroatoms. The zero-order valence-corrected chi connectivity index (χ0v) is 16.2. The number of hydrogen-bond acceptors (Lipinski definition) is 5. The van der Waals surface area contributed by atoms with Crippen LogP contribution in [0.4, 0.5) is 0 Å². The molecule has 1 aliphatic carbocycles. The molecule has 146 valence electrons. The second-order valence-electron chi connectivity index (χ2n) is 7.22. The minimum absolute atomic E-state index is 0.0676. The van der Waals surface area contributed by atoms with Gasteiger partial charge in [0, 0.05) is 43.3 Å². The predicted molar refractivity (Wildman–Crippen MR) is 107 cm³/mol. The lowest BCUT2D eigenvalue weighted by molar-refractivity contribution is 0.127. The Morgan fingerprint density at radius 3 is 2.37 bits per heavy atom. The molecule has 5 nitrogen and oxygen atoms in total. The summed E-state index contributed by atoms with van der Waals surface area (Å²) < 4.78 is 10.9. The Morgan fingerprint density at radius 1 is 1.11 bits per heavy atom. The minimum Gasteiger partial charge on any atom is -0.497 e. The second kappa shape index (κ2) is 9.22. The highest BCUT2D eigenvalue weighted by Gasteiger charge is 2.28. The van der Waals surface area contributed by atoms with E-state index in [-0.39, 0.29) is 12.5 Å². The summed E-state index contributed by atoms with van der Waals surface area (Å²) in [5, 5.41) is 9.68. The lowest BCUT2D eigenvalue weighted by Gasteiger charge is -2.32. The Kier molecular flexibility index (Phi) is 6.72. The van der Waals surface area contributed by atoms with Gasteiger partial charge in [-0.1, -0.05) is 30.3 Å². The lowest BCUT2D eigenvalue weighted by Crippen LogP contribution is -2.41. The van der Waals surface area contributed by atoms with Crippen molar-refractivity contribution in [2.75, 3.05) is 33.9 Å². The molecule has 1 unspecified atom stereocenters. The fourth-order valence-electron chi connectivity index (χ4n) is 3.88. The quantitative estimate of drug-likeness (QED) is 0.709. The van der Waals surface area contributed by atoms with E-state index in [1.807, 2.05) is 12.1 Å². The molecular weight excluding hydrogens is 340 g/mol. The molecule has 0 aliphatic heterocycles. The maximum Gasteiger partial charge on any atom is 0.127 e. The van der Waals surface area contributed by atoms with E-state index in [9.17, 15) is 5.11 Å². The van der Waals surface area contributed by atoms with Crippen LogP contribution in [0.5, 0.6) is 11.5 Å². The highest BCUT2D eigenvalue weighted by atomic mass is 16.5. The molecule has 27 heavy (non-hydrogen) atoms. The highest BCUT2D eigenvalue weighted by Crippen LogP contribution is 2.30. The molecular formula is C22H30N2O3. The van der Waals surface area contributed by atoms with Crippen molar-refractivity contribution >= 4 is 0 Å². The Morgan fingerprint density at radius 2 is 1.81 bits per heavy atom. The maximum atomic E-state index is 9.68. The largest absolute Gasteiger partial charge is 0.497 e. The Labute approximate surface area is 161 Å². The van der Waals surface area contributed by atoms with Gasteiger partial charge in [0.1, 0.15) is 11.5 Å². The summed E-state index contributed by atoms with van der Waals surface area (Å²) in [5.41, 5.74) is 9.83. The van der Waals surface area contributed by atoms with E-state index in [0.717, 1.165) is 43.0 Å². The average molecular weight is 370 g/mol.